The molecule has 46 heavy (non-hydrogen) atoms. The van der Waals surface area contributed by atoms with Crippen LogP contribution in [-0.4, -0.2) is 129 Å². The van der Waals surface area contributed by atoms with Crippen LogP contribution in [0, 0.1) is 0 Å². The second kappa shape index (κ2) is 27.8. The van der Waals surface area contributed by atoms with Crippen molar-refractivity contribution in [2.24, 2.45) is 0 Å². The van der Waals surface area contributed by atoms with Crippen LogP contribution in [-0.2, 0) is 57.2 Å². The zero-order valence-corrected chi connectivity index (χ0v) is 29.8. The number of ether oxygens (including phenoxy) is 6. The molecule has 0 aliphatic rings. The van der Waals surface area contributed by atoms with E-state index in [1.807, 2.05) is 0 Å². The molecular formula is C30H51AlO15. The van der Waals surface area contributed by atoms with Crippen molar-refractivity contribution in [3.63, 3.8) is 0 Å². The molecule has 0 amide bonds. The van der Waals surface area contributed by atoms with Gasteiger partial charge in [0, 0.05) is 39.6 Å². The fraction of sp³-hybridized carbons (Fsp3) is 0.800. The molecule has 0 spiro atoms. The summed E-state index contributed by atoms with van der Waals surface area (Å²) in [6.07, 6.45) is 0.110. The van der Waals surface area contributed by atoms with E-state index in [9.17, 15) is 44.1 Å². The minimum Gasteiger partial charge on any atom is -0.546 e. The molecule has 0 aliphatic carbocycles. The van der Waals surface area contributed by atoms with E-state index in [0.717, 1.165) is 0 Å². The van der Waals surface area contributed by atoms with Gasteiger partial charge in [-0.3, -0.25) is 14.4 Å². The summed E-state index contributed by atoms with van der Waals surface area (Å²) in [4.78, 5) is 67.7. The zero-order chi connectivity index (χ0) is 35.7. The van der Waals surface area contributed by atoms with E-state index >= 15 is 0 Å². The predicted molar refractivity (Wildman–Crippen MR) is 159 cm³/mol. The number of hydrogen-bond acceptors (Lipinski definition) is 15. The summed E-state index contributed by atoms with van der Waals surface area (Å²) in [5.41, 5.74) is -5.57. The first-order chi connectivity index (χ1) is 21.1. The summed E-state index contributed by atoms with van der Waals surface area (Å²) in [5, 5.41) is 32.8. The van der Waals surface area contributed by atoms with Gasteiger partial charge in [0.2, 0.25) is 0 Å². The Morgan fingerprint density at radius 1 is 0.413 bits per heavy atom. The van der Waals surface area contributed by atoms with E-state index < -0.39 is 52.1 Å². The number of carboxylic acid groups (broad SMARTS) is 3. The average molecular weight is 679 g/mol. The molecule has 0 aromatic heterocycles. The van der Waals surface area contributed by atoms with Gasteiger partial charge in [0.25, 0.3) is 0 Å². The molecule has 0 radical (unpaired) electrons. The number of Topliss-reactive ketones (excluding diaryl/α,β-unsaturated/α-hetero) is 3. The van der Waals surface area contributed by atoms with Crippen LogP contribution in [0.4, 0.5) is 0 Å². The number of carbonyl (C=O) groups excluding carboxylic acids is 6. The summed E-state index contributed by atoms with van der Waals surface area (Å²) < 4.78 is 29.7. The van der Waals surface area contributed by atoms with Crippen molar-refractivity contribution >= 4 is 52.6 Å². The Kier molecular flexibility index (Phi) is 30.5. The van der Waals surface area contributed by atoms with Crippen LogP contribution >= 0.6 is 0 Å². The topological polar surface area (TPSA) is 227 Å². The van der Waals surface area contributed by atoms with Gasteiger partial charge in [-0.05, 0) is 60.8 Å². The van der Waals surface area contributed by atoms with Crippen LogP contribution in [0.15, 0.2) is 0 Å². The minimum atomic E-state index is -1.86. The maximum Gasteiger partial charge on any atom is 3.00 e. The van der Waals surface area contributed by atoms with E-state index in [0.29, 0.717) is 19.8 Å². The smallest absolute Gasteiger partial charge is 0.546 e. The van der Waals surface area contributed by atoms with Crippen molar-refractivity contribution in [3.8, 4) is 0 Å². The molecule has 0 saturated heterocycles. The quantitative estimate of drug-likeness (QED) is 0.0810. The van der Waals surface area contributed by atoms with Gasteiger partial charge in [-0.2, -0.15) is 0 Å². The molecule has 0 fully saturated rings. The Labute approximate surface area is 282 Å². The zero-order valence-electron chi connectivity index (χ0n) is 28.7. The van der Waals surface area contributed by atoms with Crippen LogP contribution in [0.1, 0.15) is 81.6 Å². The van der Waals surface area contributed by atoms with Gasteiger partial charge in [0.05, 0.1) is 17.9 Å². The number of rotatable bonds is 24. The van der Waals surface area contributed by atoms with E-state index in [-0.39, 0.29) is 76.3 Å². The molecule has 0 aromatic rings. The van der Waals surface area contributed by atoms with E-state index in [1.54, 1.807) is 62.3 Å². The van der Waals surface area contributed by atoms with Crippen molar-refractivity contribution in [2.45, 2.75) is 98.4 Å². The SMILES string of the molecule is CCOCC(=O)C(CC)(OCC)C(=O)[O-].CCOCC(=O)C(CC)(OCC)C(=O)[O-].CCOCC(=O)C(CC)(OCC)C(=O)[O-].[Al+3]. The number of aliphatic carboxylic acids is 3. The third kappa shape index (κ3) is 15.5. The summed E-state index contributed by atoms with van der Waals surface area (Å²) in [6, 6.07) is 0. The molecule has 0 bridgehead atoms. The maximum atomic E-state index is 11.6. The van der Waals surface area contributed by atoms with E-state index in [4.69, 9.17) is 28.4 Å². The van der Waals surface area contributed by atoms with Crippen LogP contribution in [0.2, 0.25) is 0 Å². The Hall–Kier alpha value is -2.29. The first-order valence-corrected chi connectivity index (χ1v) is 15.0. The fourth-order valence-electron chi connectivity index (χ4n) is 3.76. The monoisotopic (exact) mass is 678 g/mol. The number of hydrogen-bond donors (Lipinski definition) is 0. The Balaban J connectivity index is -0.000000285. The third-order valence-electron chi connectivity index (χ3n) is 6.32. The Morgan fingerprint density at radius 2 is 0.609 bits per heavy atom. The first kappa shape index (κ1) is 50.6. The average Bonchev–Trinajstić information content (AvgIpc) is 3.01. The van der Waals surface area contributed by atoms with Gasteiger partial charge in [0.15, 0.2) is 34.2 Å². The molecule has 3 unspecified atom stereocenters. The standard InChI is InChI=1S/3C10H18O5.Al/c3*1-4-10(9(12)13,15-6-3)8(11)7-14-5-2;/h3*4-7H2,1-3H3,(H,12,13);/q;;;+3/p-3. The number of carbonyl (C=O) groups is 6. The molecule has 0 N–H and O–H groups in total. The Morgan fingerprint density at radius 3 is 0.717 bits per heavy atom. The van der Waals surface area contributed by atoms with E-state index in [2.05, 4.69) is 0 Å². The molecule has 0 aliphatic heterocycles. The summed E-state index contributed by atoms with van der Waals surface area (Å²) in [6.45, 7) is 15.4. The molecule has 3 atom stereocenters. The Bertz CT molecular complexity index is 799. The summed E-state index contributed by atoms with van der Waals surface area (Å²) in [7, 11) is 0. The normalized spacial score (nSPS) is 14.3. The molecule has 0 saturated carbocycles. The summed E-state index contributed by atoms with van der Waals surface area (Å²) in [5.74, 6) is -6.32. The van der Waals surface area contributed by atoms with Crippen molar-refractivity contribution in [3.05, 3.63) is 0 Å². The van der Waals surface area contributed by atoms with Crippen molar-refractivity contribution in [1.82, 2.24) is 0 Å². The van der Waals surface area contributed by atoms with Gasteiger partial charge in [0.1, 0.15) is 19.8 Å². The maximum absolute atomic E-state index is 11.6. The second-order valence-corrected chi connectivity index (χ2v) is 8.88. The molecule has 264 valence electrons. The van der Waals surface area contributed by atoms with Crippen LogP contribution in [0.5, 0.6) is 0 Å². The van der Waals surface area contributed by atoms with Crippen molar-refractivity contribution < 1.29 is 72.5 Å². The largest absolute Gasteiger partial charge is 3.00 e. The van der Waals surface area contributed by atoms with Gasteiger partial charge >= 0.3 is 17.4 Å². The van der Waals surface area contributed by atoms with Crippen LogP contribution in [0.25, 0.3) is 0 Å². The summed E-state index contributed by atoms with van der Waals surface area (Å²) >= 11 is 0. The molecular weight excluding hydrogens is 627 g/mol. The van der Waals surface area contributed by atoms with Gasteiger partial charge < -0.3 is 58.1 Å². The molecule has 15 nitrogen and oxygen atoms in total. The van der Waals surface area contributed by atoms with E-state index in [1.165, 1.54) is 0 Å². The molecule has 16 heteroatoms. The molecule has 0 aromatic carbocycles. The molecule has 0 heterocycles. The fourth-order valence-corrected chi connectivity index (χ4v) is 3.76. The molecule has 0 rings (SSSR count). The number of carboxylic acids is 3. The minimum absolute atomic E-state index is 0. The van der Waals surface area contributed by atoms with Crippen LogP contribution in [0.3, 0.4) is 0 Å². The van der Waals surface area contributed by atoms with Gasteiger partial charge in [-0.25, -0.2) is 0 Å². The second-order valence-electron chi connectivity index (χ2n) is 8.88. The van der Waals surface area contributed by atoms with Crippen molar-refractivity contribution in [2.75, 3.05) is 59.5 Å². The number of ketones is 3. The third-order valence-corrected chi connectivity index (χ3v) is 6.32. The van der Waals surface area contributed by atoms with Gasteiger partial charge in [-0.15, -0.1) is 0 Å². The predicted octanol–water partition coefficient (Wildman–Crippen LogP) is -1.80. The van der Waals surface area contributed by atoms with Crippen LogP contribution < -0.4 is 15.3 Å². The van der Waals surface area contributed by atoms with Gasteiger partial charge in [-0.1, -0.05) is 20.8 Å². The van der Waals surface area contributed by atoms with Crippen molar-refractivity contribution in [1.29, 1.82) is 0 Å². The first-order valence-electron chi connectivity index (χ1n) is 15.0.